The largest absolute Gasteiger partial charge is 0.331 e. The summed E-state index contributed by atoms with van der Waals surface area (Å²) in [5.41, 5.74) is 6.31. The highest BCUT2D eigenvalue weighted by Crippen LogP contribution is 2.38. The number of aryl methyl sites for hydroxylation is 2. The Balaban J connectivity index is 1.32. The summed E-state index contributed by atoms with van der Waals surface area (Å²) in [5, 5.41) is 6.11. The van der Waals surface area contributed by atoms with E-state index in [2.05, 4.69) is 60.0 Å². The molecule has 1 heterocycles. The number of nitrogens with one attached hydrogen (secondary N) is 2. The van der Waals surface area contributed by atoms with E-state index in [-0.39, 0.29) is 18.0 Å². The molecule has 0 fully saturated rings. The highest BCUT2D eigenvalue weighted by molar-refractivity contribution is 8.00. The quantitative estimate of drug-likeness (QED) is 0.518. The molecule has 3 amide bonds. The number of carbonyl (C=O) groups is 2. The van der Waals surface area contributed by atoms with E-state index in [1.54, 1.807) is 11.8 Å². The van der Waals surface area contributed by atoms with Gasteiger partial charge in [0.25, 0.3) is 0 Å². The zero-order chi connectivity index (χ0) is 22.8. The number of amides is 3. The number of hydrogen-bond acceptors (Lipinski definition) is 3. The number of hydrogen-bond donors (Lipinski definition) is 2. The number of urea groups is 1. The highest BCUT2D eigenvalue weighted by atomic mass is 32.2. The van der Waals surface area contributed by atoms with E-state index in [9.17, 15) is 9.59 Å². The number of anilines is 2. The van der Waals surface area contributed by atoms with Crippen molar-refractivity contribution < 1.29 is 9.59 Å². The van der Waals surface area contributed by atoms with Gasteiger partial charge in [0.1, 0.15) is 0 Å². The Morgan fingerprint density at radius 3 is 2.76 bits per heavy atom. The van der Waals surface area contributed by atoms with Gasteiger partial charge in [0.05, 0.1) is 24.0 Å². The third-order valence-corrected chi connectivity index (χ3v) is 7.34. The number of benzene rings is 3. The Hall–Kier alpha value is -3.25. The zero-order valence-corrected chi connectivity index (χ0v) is 19.5. The van der Waals surface area contributed by atoms with Crippen LogP contribution in [0.15, 0.2) is 71.6 Å². The average Bonchev–Trinajstić information content (AvgIpc) is 2.82. The lowest BCUT2D eigenvalue weighted by Crippen LogP contribution is -2.35. The summed E-state index contributed by atoms with van der Waals surface area (Å²) >= 11 is 1.54. The number of rotatable bonds is 4. The lowest BCUT2D eigenvalue weighted by molar-refractivity contribution is -0.116. The first kappa shape index (κ1) is 21.6. The van der Waals surface area contributed by atoms with Gasteiger partial charge in [0, 0.05) is 10.6 Å². The number of nitrogens with zero attached hydrogens (tertiary/aromatic N) is 1. The summed E-state index contributed by atoms with van der Waals surface area (Å²) in [6.07, 6.45) is 3.06. The minimum Gasteiger partial charge on any atom is -0.331 e. The standard InChI is InChI=1S/C27H27N3O2S/c1-18-9-11-19(12-10-18)16-30-24-15-21(13-14-25(24)33-17-26(30)31)28-27(32)29-23-8-4-6-20-5-2-3-7-22(20)23/h2-3,5,7,9-15,23H,4,6,8,16-17H2,1H3,(H2,28,29,32)/t23-/m0/s1. The normalized spacial score (nSPS) is 17.2. The van der Waals surface area contributed by atoms with Crippen LogP contribution in [0.2, 0.25) is 0 Å². The number of fused-ring (bicyclic) bond motifs is 2. The molecule has 3 aromatic carbocycles. The van der Waals surface area contributed by atoms with E-state index in [1.165, 1.54) is 16.7 Å². The fourth-order valence-electron chi connectivity index (χ4n) is 4.56. The molecule has 1 aliphatic carbocycles. The Morgan fingerprint density at radius 1 is 1.09 bits per heavy atom. The molecule has 5 nitrogen and oxygen atoms in total. The molecule has 6 heteroatoms. The molecule has 0 saturated heterocycles. The van der Waals surface area contributed by atoms with Crippen molar-refractivity contribution in [1.29, 1.82) is 0 Å². The van der Waals surface area contributed by atoms with Crippen LogP contribution >= 0.6 is 11.8 Å². The molecule has 0 bridgehead atoms. The summed E-state index contributed by atoms with van der Waals surface area (Å²) < 4.78 is 0. The van der Waals surface area contributed by atoms with Crippen LogP contribution in [-0.4, -0.2) is 17.7 Å². The van der Waals surface area contributed by atoms with Crippen LogP contribution in [0.1, 0.15) is 41.1 Å². The topological polar surface area (TPSA) is 61.4 Å². The Kier molecular flexibility index (Phi) is 6.09. The van der Waals surface area contributed by atoms with Crippen molar-refractivity contribution in [3.63, 3.8) is 0 Å². The van der Waals surface area contributed by atoms with Crippen molar-refractivity contribution in [2.75, 3.05) is 16.0 Å². The second kappa shape index (κ2) is 9.32. The summed E-state index contributed by atoms with van der Waals surface area (Å²) in [5.74, 6) is 0.501. The summed E-state index contributed by atoms with van der Waals surface area (Å²) in [6.45, 7) is 2.57. The monoisotopic (exact) mass is 457 g/mol. The van der Waals surface area contributed by atoms with Gasteiger partial charge in [-0.3, -0.25) is 4.79 Å². The maximum absolute atomic E-state index is 12.8. The smallest absolute Gasteiger partial charge is 0.319 e. The first-order valence-corrected chi connectivity index (χ1v) is 12.3. The van der Waals surface area contributed by atoms with Crippen LogP contribution in [0.3, 0.4) is 0 Å². The van der Waals surface area contributed by atoms with Gasteiger partial charge in [-0.05, 0) is 61.1 Å². The fourth-order valence-corrected chi connectivity index (χ4v) is 5.47. The maximum atomic E-state index is 12.8. The van der Waals surface area contributed by atoms with Crippen molar-refractivity contribution in [3.8, 4) is 0 Å². The molecular formula is C27H27N3O2S. The molecule has 5 rings (SSSR count). The number of carbonyl (C=O) groups excluding carboxylic acids is 2. The van der Waals surface area contributed by atoms with E-state index >= 15 is 0 Å². The van der Waals surface area contributed by atoms with Gasteiger partial charge in [0.2, 0.25) is 5.91 Å². The molecular weight excluding hydrogens is 430 g/mol. The van der Waals surface area contributed by atoms with Crippen molar-refractivity contribution in [2.45, 2.75) is 43.7 Å². The van der Waals surface area contributed by atoms with Gasteiger partial charge in [0.15, 0.2) is 0 Å². The van der Waals surface area contributed by atoms with Gasteiger partial charge in [-0.1, -0.05) is 54.1 Å². The second-order valence-corrected chi connectivity index (χ2v) is 9.70. The van der Waals surface area contributed by atoms with Crippen LogP contribution in [0.5, 0.6) is 0 Å². The Bertz CT molecular complexity index is 1190. The Morgan fingerprint density at radius 2 is 1.91 bits per heavy atom. The van der Waals surface area contributed by atoms with Gasteiger partial charge < -0.3 is 15.5 Å². The second-order valence-electron chi connectivity index (χ2n) is 8.68. The van der Waals surface area contributed by atoms with Crippen LogP contribution < -0.4 is 15.5 Å². The van der Waals surface area contributed by atoms with Gasteiger partial charge >= 0.3 is 6.03 Å². The maximum Gasteiger partial charge on any atom is 0.319 e. The average molecular weight is 458 g/mol. The van der Waals surface area contributed by atoms with Crippen LogP contribution in [0, 0.1) is 6.92 Å². The molecule has 168 valence electrons. The van der Waals surface area contributed by atoms with E-state index in [1.807, 2.05) is 29.2 Å². The van der Waals surface area contributed by atoms with Crippen LogP contribution in [-0.2, 0) is 17.8 Å². The molecule has 3 aromatic rings. The predicted octanol–water partition coefficient (Wildman–Crippen LogP) is 5.83. The molecule has 1 atom stereocenters. The molecule has 0 aromatic heterocycles. The first-order valence-electron chi connectivity index (χ1n) is 11.3. The lowest BCUT2D eigenvalue weighted by atomic mass is 9.88. The lowest BCUT2D eigenvalue weighted by Gasteiger charge is -2.30. The van der Waals surface area contributed by atoms with Crippen molar-refractivity contribution in [1.82, 2.24) is 5.32 Å². The van der Waals surface area contributed by atoms with E-state index in [0.717, 1.165) is 35.4 Å². The van der Waals surface area contributed by atoms with E-state index < -0.39 is 0 Å². The van der Waals surface area contributed by atoms with Gasteiger partial charge in [-0.15, -0.1) is 11.8 Å². The van der Waals surface area contributed by atoms with E-state index in [4.69, 9.17) is 0 Å². The van der Waals surface area contributed by atoms with Crippen molar-refractivity contribution >= 4 is 35.1 Å². The molecule has 1 aliphatic heterocycles. The predicted molar refractivity (Wildman–Crippen MR) is 134 cm³/mol. The number of thioether (sulfide) groups is 1. The summed E-state index contributed by atoms with van der Waals surface area (Å²) in [6, 6.07) is 22.1. The molecule has 0 saturated carbocycles. The van der Waals surface area contributed by atoms with Crippen LogP contribution in [0.25, 0.3) is 0 Å². The summed E-state index contributed by atoms with van der Waals surface area (Å²) in [4.78, 5) is 28.4. The fraction of sp³-hybridized carbons (Fsp3) is 0.259. The third kappa shape index (κ3) is 4.76. The molecule has 0 unspecified atom stereocenters. The highest BCUT2D eigenvalue weighted by Gasteiger charge is 2.26. The Labute approximate surface area is 198 Å². The zero-order valence-electron chi connectivity index (χ0n) is 18.6. The van der Waals surface area contributed by atoms with Gasteiger partial charge in [-0.2, -0.15) is 0 Å². The molecule has 0 radical (unpaired) electrons. The van der Waals surface area contributed by atoms with Crippen molar-refractivity contribution in [2.24, 2.45) is 0 Å². The summed E-state index contributed by atoms with van der Waals surface area (Å²) in [7, 11) is 0. The minimum atomic E-state index is -0.225. The van der Waals surface area contributed by atoms with Crippen LogP contribution in [0.4, 0.5) is 16.2 Å². The molecule has 2 N–H and O–H groups in total. The van der Waals surface area contributed by atoms with Crippen molar-refractivity contribution in [3.05, 3.63) is 89.0 Å². The minimum absolute atomic E-state index is 0.0164. The van der Waals surface area contributed by atoms with E-state index in [0.29, 0.717) is 18.0 Å². The first-order chi connectivity index (χ1) is 16.1. The van der Waals surface area contributed by atoms with Gasteiger partial charge in [-0.25, -0.2) is 4.79 Å². The third-order valence-electron chi connectivity index (χ3n) is 6.30. The molecule has 33 heavy (non-hydrogen) atoms. The molecule has 2 aliphatic rings. The molecule has 0 spiro atoms. The SMILES string of the molecule is Cc1ccc(CN2C(=O)CSc3ccc(NC(=O)N[C@H]4CCCc5ccccc54)cc32)cc1.